The molecule has 1 aromatic rings. The van der Waals surface area contributed by atoms with Crippen molar-refractivity contribution in [1.82, 2.24) is 0 Å². The Bertz CT molecular complexity index is 440. The Labute approximate surface area is 133 Å². The molecule has 0 aliphatic carbocycles. The van der Waals surface area contributed by atoms with Crippen molar-refractivity contribution in [2.24, 2.45) is 0 Å². The van der Waals surface area contributed by atoms with E-state index < -0.39 is 0 Å². The Morgan fingerprint density at radius 1 is 1.14 bits per heavy atom. The summed E-state index contributed by atoms with van der Waals surface area (Å²) in [7, 11) is 1.43. The lowest BCUT2D eigenvalue weighted by Gasteiger charge is -2.25. The van der Waals surface area contributed by atoms with Gasteiger partial charge in [0.2, 0.25) is 0 Å². The first-order valence-electron chi connectivity index (χ1n) is 7.68. The lowest BCUT2D eigenvalue weighted by Crippen LogP contribution is -2.26. The molecule has 0 fully saturated rings. The summed E-state index contributed by atoms with van der Waals surface area (Å²) in [5.41, 5.74) is 1.77. The molecule has 4 heteroatoms. The number of carbonyl (C=O) groups excluding carboxylic acids is 1. The molecule has 1 aromatic carbocycles. The Kier molecular flexibility index (Phi) is 8.28. The molecule has 0 radical (unpaired) electrons. The third-order valence-electron chi connectivity index (χ3n) is 3.48. The molecular weight excluding hydrogens is 282 g/mol. The number of rotatable bonds is 9. The number of unbranched alkanes of at least 4 members (excludes halogenated alkanes) is 2. The number of methoxy groups -OCH3 is 1. The van der Waals surface area contributed by atoms with Crippen molar-refractivity contribution < 1.29 is 9.53 Å². The van der Waals surface area contributed by atoms with E-state index in [0.717, 1.165) is 23.7 Å². The minimum Gasteiger partial charge on any atom is -0.465 e. The van der Waals surface area contributed by atoms with Gasteiger partial charge in [0.15, 0.2) is 0 Å². The fourth-order valence-corrected chi connectivity index (χ4v) is 2.67. The van der Waals surface area contributed by atoms with Crippen LogP contribution in [0.25, 0.3) is 0 Å². The van der Waals surface area contributed by atoms with Gasteiger partial charge in [-0.25, -0.2) is 4.79 Å². The average molecular weight is 309 g/mol. The molecule has 0 spiro atoms. The van der Waals surface area contributed by atoms with Gasteiger partial charge in [0.05, 0.1) is 12.7 Å². The van der Waals surface area contributed by atoms with Crippen molar-refractivity contribution in [3.05, 3.63) is 23.8 Å². The van der Waals surface area contributed by atoms with E-state index in [9.17, 15) is 4.79 Å². The lowest BCUT2D eigenvalue weighted by atomic mass is 10.1. The number of ether oxygens (including phenoxy) is 1. The molecule has 0 atom stereocenters. The molecule has 0 aliphatic heterocycles. The Hall–Kier alpha value is -1.16. The van der Waals surface area contributed by atoms with E-state index in [-0.39, 0.29) is 5.97 Å². The highest BCUT2D eigenvalue weighted by molar-refractivity contribution is 7.98. The third-order valence-corrected chi connectivity index (χ3v) is 4.18. The van der Waals surface area contributed by atoms with Crippen LogP contribution in [0.2, 0.25) is 0 Å². The quantitative estimate of drug-likeness (QED) is 0.492. The molecule has 0 saturated carbocycles. The SMILES string of the molecule is CCCCN(CCCC)c1cc(SC)cc(C(=O)OC)c1. The molecule has 1 rings (SSSR count). The molecule has 0 unspecified atom stereocenters. The van der Waals surface area contributed by atoms with Gasteiger partial charge in [-0.05, 0) is 37.3 Å². The molecule has 0 aliphatic rings. The number of hydrogen-bond acceptors (Lipinski definition) is 4. The van der Waals surface area contributed by atoms with Crippen LogP contribution in [-0.2, 0) is 4.74 Å². The van der Waals surface area contributed by atoms with Gasteiger partial charge in [-0.3, -0.25) is 0 Å². The van der Waals surface area contributed by atoms with Crippen molar-refractivity contribution in [2.75, 3.05) is 31.4 Å². The van der Waals surface area contributed by atoms with Crippen molar-refractivity contribution in [1.29, 1.82) is 0 Å². The predicted octanol–water partition coefficient (Wildman–Crippen LogP) is 4.60. The summed E-state index contributed by atoms with van der Waals surface area (Å²) in [6.45, 7) is 6.48. The average Bonchev–Trinajstić information content (AvgIpc) is 2.53. The maximum absolute atomic E-state index is 11.8. The lowest BCUT2D eigenvalue weighted by molar-refractivity contribution is 0.0600. The van der Waals surface area contributed by atoms with E-state index in [1.165, 1.54) is 32.8 Å². The normalized spacial score (nSPS) is 10.5. The van der Waals surface area contributed by atoms with E-state index in [1.807, 2.05) is 18.4 Å². The number of thioether (sulfide) groups is 1. The minimum absolute atomic E-state index is 0.266. The van der Waals surface area contributed by atoms with Crippen LogP contribution in [0.15, 0.2) is 23.1 Å². The second kappa shape index (κ2) is 9.72. The van der Waals surface area contributed by atoms with Crippen molar-refractivity contribution in [2.45, 2.75) is 44.4 Å². The van der Waals surface area contributed by atoms with Gasteiger partial charge < -0.3 is 9.64 Å². The van der Waals surface area contributed by atoms with Crippen LogP contribution >= 0.6 is 11.8 Å². The van der Waals surface area contributed by atoms with E-state index >= 15 is 0 Å². The zero-order chi connectivity index (χ0) is 15.7. The predicted molar refractivity (Wildman–Crippen MR) is 91.6 cm³/mol. The second-order valence-corrected chi connectivity index (χ2v) is 5.99. The number of hydrogen-bond donors (Lipinski definition) is 0. The van der Waals surface area contributed by atoms with E-state index in [2.05, 4.69) is 24.8 Å². The minimum atomic E-state index is -0.266. The number of carbonyl (C=O) groups is 1. The van der Waals surface area contributed by atoms with Gasteiger partial charge in [-0.2, -0.15) is 0 Å². The maximum Gasteiger partial charge on any atom is 0.337 e. The first kappa shape index (κ1) is 17.9. The van der Waals surface area contributed by atoms with Gasteiger partial charge in [0.25, 0.3) is 0 Å². The van der Waals surface area contributed by atoms with Gasteiger partial charge in [-0.15, -0.1) is 11.8 Å². The van der Waals surface area contributed by atoms with Crippen LogP contribution in [0.1, 0.15) is 49.9 Å². The first-order valence-corrected chi connectivity index (χ1v) is 8.91. The van der Waals surface area contributed by atoms with Gasteiger partial charge in [0.1, 0.15) is 0 Å². The van der Waals surface area contributed by atoms with Crippen LogP contribution in [0.3, 0.4) is 0 Å². The van der Waals surface area contributed by atoms with Gasteiger partial charge in [0, 0.05) is 23.7 Å². The Morgan fingerprint density at radius 2 is 1.76 bits per heavy atom. The fourth-order valence-electron chi connectivity index (χ4n) is 2.19. The summed E-state index contributed by atoms with van der Waals surface area (Å²) >= 11 is 1.66. The first-order chi connectivity index (χ1) is 10.2. The highest BCUT2D eigenvalue weighted by Gasteiger charge is 2.12. The summed E-state index contributed by atoms with van der Waals surface area (Å²) in [5, 5.41) is 0. The van der Waals surface area contributed by atoms with E-state index in [0.29, 0.717) is 5.56 Å². The van der Waals surface area contributed by atoms with Crippen LogP contribution in [0.5, 0.6) is 0 Å². The monoisotopic (exact) mass is 309 g/mol. The summed E-state index contributed by atoms with van der Waals surface area (Å²) in [4.78, 5) is 15.3. The van der Waals surface area contributed by atoms with Crippen molar-refractivity contribution >= 4 is 23.4 Å². The van der Waals surface area contributed by atoms with E-state index in [1.54, 1.807) is 11.8 Å². The van der Waals surface area contributed by atoms with Crippen molar-refractivity contribution in [3.63, 3.8) is 0 Å². The summed E-state index contributed by atoms with van der Waals surface area (Å²) in [6.07, 6.45) is 6.72. The number of esters is 1. The van der Waals surface area contributed by atoms with E-state index in [4.69, 9.17) is 4.74 Å². The molecule has 3 nitrogen and oxygen atoms in total. The zero-order valence-electron chi connectivity index (χ0n) is 13.6. The molecule has 118 valence electrons. The third kappa shape index (κ3) is 5.62. The largest absolute Gasteiger partial charge is 0.465 e. The Balaban J connectivity index is 3.06. The van der Waals surface area contributed by atoms with Crippen molar-refractivity contribution in [3.8, 4) is 0 Å². The fraction of sp³-hybridized carbons (Fsp3) is 0.588. The topological polar surface area (TPSA) is 29.5 Å². The van der Waals surface area contributed by atoms with Crippen LogP contribution in [-0.4, -0.2) is 32.4 Å². The van der Waals surface area contributed by atoms with Crippen LogP contribution in [0, 0.1) is 0 Å². The highest BCUT2D eigenvalue weighted by Crippen LogP contribution is 2.26. The molecule has 0 N–H and O–H groups in total. The maximum atomic E-state index is 11.8. The summed E-state index contributed by atoms with van der Waals surface area (Å²) in [6, 6.07) is 6.02. The summed E-state index contributed by atoms with van der Waals surface area (Å²) < 4.78 is 4.87. The highest BCUT2D eigenvalue weighted by atomic mass is 32.2. The molecule has 0 saturated heterocycles. The molecule has 0 heterocycles. The summed E-state index contributed by atoms with van der Waals surface area (Å²) in [5.74, 6) is -0.266. The second-order valence-electron chi connectivity index (χ2n) is 5.11. The number of nitrogens with zero attached hydrogens (tertiary/aromatic N) is 1. The van der Waals surface area contributed by atoms with Crippen LogP contribution < -0.4 is 4.90 Å². The number of benzene rings is 1. The van der Waals surface area contributed by atoms with Gasteiger partial charge >= 0.3 is 5.97 Å². The molecule has 21 heavy (non-hydrogen) atoms. The smallest absolute Gasteiger partial charge is 0.337 e. The van der Waals surface area contributed by atoms with Crippen LogP contribution in [0.4, 0.5) is 5.69 Å². The molecule has 0 bridgehead atoms. The Morgan fingerprint density at radius 3 is 2.24 bits per heavy atom. The number of anilines is 1. The van der Waals surface area contributed by atoms with Gasteiger partial charge in [-0.1, -0.05) is 26.7 Å². The molecule has 0 amide bonds. The molecular formula is C17H27NO2S. The standard InChI is InChI=1S/C17H27NO2S/c1-5-7-9-18(10-8-6-2)15-11-14(17(19)20-3)12-16(13-15)21-4/h11-13H,5-10H2,1-4H3. The molecule has 0 aromatic heterocycles. The zero-order valence-corrected chi connectivity index (χ0v) is 14.5.